The van der Waals surface area contributed by atoms with E-state index in [1.807, 2.05) is 97.1 Å². The number of ketones is 2. The van der Waals surface area contributed by atoms with Crippen molar-refractivity contribution in [2.45, 2.75) is 30.7 Å². The number of imide groups is 1. The smallest absolute Gasteiger partial charge is 0.234 e. The highest BCUT2D eigenvalue weighted by Crippen LogP contribution is 2.64. The van der Waals surface area contributed by atoms with Gasteiger partial charge in [0.25, 0.3) is 0 Å². The number of likely N-dealkylation sites (tertiary alicyclic amines) is 1. The number of phenols is 1. The summed E-state index contributed by atoms with van der Waals surface area (Å²) < 4.78 is 6.15. The Balaban J connectivity index is 1.36. The zero-order chi connectivity index (χ0) is 34.7. The predicted molar refractivity (Wildman–Crippen MR) is 196 cm³/mol. The maximum absolute atomic E-state index is 15.2. The molecule has 2 fully saturated rings. The van der Waals surface area contributed by atoms with Gasteiger partial charge in [-0.15, -0.1) is 0 Å². The highest BCUT2D eigenvalue weighted by molar-refractivity contribution is 14.1. The fourth-order valence-electron chi connectivity index (χ4n) is 9.15. The number of phenolic OH excluding ortho intramolecular Hbond substituents is 1. The lowest BCUT2D eigenvalue weighted by Crippen LogP contribution is -2.58. The second-order valence-electron chi connectivity index (χ2n) is 13.6. The van der Waals surface area contributed by atoms with Crippen LogP contribution in [0, 0.1) is 27.2 Å². The summed E-state index contributed by atoms with van der Waals surface area (Å²) in [4.78, 5) is 60.0. The van der Waals surface area contributed by atoms with Gasteiger partial charge in [-0.25, -0.2) is 0 Å². The van der Waals surface area contributed by atoms with Gasteiger partial charge in [0.05, 0.1) is 34.5 Å². The average molecular weight is 776 g/mol. The largest absolute Gasteiger partial charge is 0.504 e. The van der Waals surface area contributed by atoms with E-state index < -0.39 is 35.0 Å². The zero-order valence-electron chi connectivity index (χ0n) is 27.3. The van der Waals surface area contributed by atoms with Gasteiger partial charge in [0.1, 0.15) is 0 Å². The zero-order valence-corrected chi connectivity index (χ0v) is 29.4. The van der Waals surface area contributed by atoms with Crippen molar-refractivity contribution in [1.29, 1.82) is 0 Å². The second-order valence-corrected chi connectivity index (χ2v) is 14.8. The van der Waals surface area contributed by atoms with Crippen LogP contribution in [0.15, 0.2) is 121 Å². The number of rotatable bonds is 6. The lowest BCUT2D eigenvalue weighted by Gasteiger charge is -2.55. The molecule has 0 radical (unpaired) electrons. The third kappa shape index (κ3) is 4.82. The van der Waals surface area contributed by atoms with Crippen LogP contribution in [0.2, 0.25) is 0 Å². The van der Waals surface area contributed by atoms with Crippen molar-refractivity contribution in [3.63, 3.8) is 0 Å². The van der Waals surface area contributed by atoms with Crippen LogP contribution in [-0.4, -0.2) is 40.5 Å². The van der Waals surface area contributed by atoms with Gasteiger partial charge in [-0.05, 0) is 81.8 Å². The first kappa shape index (κ1) is 32.4. The SMILES string of the molecule is COc1cc([C@H]2C3=CC[C@@H]4C(=O)N(Cc5ccccc5)C(=O)[C@@H]4[C@@H]3C[C@H]3C(=O)C(c4ccccc4)=CC(=O)[C@@]23c2ccccc2)cc(I)c1O. The number of ether oxygens (including phenoxy) is 1. The molecular formula is C42H34INO6. The van der Waals surface area contributed by atoms with Crippen molar-refractivity contribution in [2.75, 3.05) is 7.11 Å². The van der Waals surface area contributed by atoms with Crippen molar-refractivity contribution < 1.29 is 29.0 Å². The first-order chi connectivity index (χ1) is 24.2. The van der Waals surface area contributed by atoms with Gasteiger partial charge in [-0.3, -0.25) is 24.1 Å². The molecule has 50 heavy (non-hydrogen) atoms. The minimum atomic E-state index is -1.35. The van der Waals surface area contributed by atoms with Crippen molar-refractivity contribution in [1.82, 2.24) is 4.90 Å². The number of hydrogen-bond donors (Lipinski definition) is 1. The van der Waals surface area contributed by atoms with E-state index in [-0.39, 0.29) is 47.8 Å². The van der Waals surface area contributed by atoms with Crippen LogP contribution in [0.1, 0.15) is 41.0 Å². The van der Waals surface area contributed by atoms with E-state index in [1.165, 1.54) is 18.1 Å². The number of fused-ring (bicyclic) bond motifs is 4. The summed E-state index contributed by atoms with van der Waals surface area (Å²) in [6.45, 7) is 0.181. The molecule has 2 amide bonds. The van der Waals surface area contributed by atoms with Crippen LogP contribution < -0.4 is 4.74 Å². The monoisotopic (exact) mass is 775 g/mol. The first-order valence-corrected chi connectivity index (χ1v) is 17.9. The number of hydrogen-bond acceptors (Lipinski definition) is 6. The molecule has 8 heteroatoms. The summed E-state index contributed by atoms with van der Waals surface area (Å²) in [7, 11) is 1.48. The molecule has 1 N–H and O–H groups in total. The van der Waals surface area contributed by atoms with E-state index in [2.05, 4.69) is 28.7 Å². The molecule has 4 aromatic rings. The van der Waals surface area contributed by atoms with E-state index in [4.69, 9.17) is 4.74 Å². The summed E-state index contributed by atoms with van der Waals surface area (Å²) >= 11 is 2.06. The molecular weight excluding hydrogens is 741 g/mol. The first-order valence-electron chi connectivity index (χ1n) is 16.8. The number of carbonyl (C=O) groups excluding carboxylic acids is 4. The Morgan fingerprint density at radius 2 is 1.52 bits per heavy atom. The molecule has 0 aromatic heterocycles. The molecule has 0 bridgehead atoms. The highest BCUT2D eigenvalue weighted by Gasteiger charge is 2.66. The third-order valence-electron chi connectivity index (χ3n) is 11.3. The maximum Gasteiger partial charge on any atom is 0.234 e. The molecule has 1 saturated heterocycles. The lowest BCUT2D eigenvalue weighted by atomic mass is 9.44. The van der Waals surface area contributed by atoms with Crippen molar-refractivity contribution >= 4 is 51.5 Å². The van der Waals surface area contributed by atoms with E-state index in [0.717, 1.165) is 11.1 Å². The molecule has 8 rings (SSSR count). The molecule has 0 unspecified atom stereocenters. The molecule has 7 nitrogen and oxygen atoms in total. The quantitative estimate of drug-likeness (QED) is 0.128. The number of allylic oxidation sites excluding steroid dienone is 4. The number of methoxy groups -OCH3 is 1. The van der Waals surface area contributed by atoms with E-state index in [1.54, 1.807) is 6.07 Å². The highest BCUT2D eigenvalue weighted by atomic mass is 127. The molecule has 4 aliphatic rings. The maximum atomic E-state index is 15.2. The van der Waals surface area contributed by atoms with Crippen molar-refractivity contribution in [3.05, 3.63) is 147 Å². The molecule has 1 heterocycles. The average Bonchev–Trinajstić information content (AvgIpc) is 3.39. The Morgan fingerprint density at radius 1 is 0.860 bits per heavy atom. The number of amides is 2. The summed E-state index contributed by atoms with van der Waals surface area (Å²) in [5.41, 5.74) is 2.80. The van der Waals surface area contributed by atoms with E-state index in [0.29, 0.717) is 32.3 Å². The lowest BCUT2D eigenvalue weighted by molar-refractivity contribution is -0.141. The number of benzene rings is 4. The molecule has 0 spiro atoms. The molecule has 1 aliphatic heterocycles. The number of nitrogens with zero attached hydrogens (tertiary/aromatic N) is 1. The Hall–Kier alpha value is -4.83. The summed E-state index contributed by atoms with van der Waals surface area (Å²) in [6, 6.07) is 31.8. The topological polar surface area (TPSA) is 101 Å². The predicted octanol–water partition coefficient (Wildman–Crippen LogP) is 7.03. The van der Waals surface area contributed by atoms with Gasteiger partial charge < -0.3 is 9.84 Å². The van der Waals surface area contributed by atoms with Crippen LogP contribution in [-0.2, 0) is 31.1 Å². The van der Waals surface area contributed by atoms with Crippen LogP contribution >= 0.6 is 22.6 Å². The molecule has 250 valence electrons. The Labute approximate surface area is 303 Å². The van der Waals surface area contributed by atoms with Gasteiger partial charge in [0, 0.05) is 17.4 Å². The standard InChI is InChI=1S/C42H34INO6/c1-50-34-20-26(19-33(43)39(34)47)37-28-17-18-29-36(41(49)44(40(29)48)23-24-11-5-2-6-12-24)31(28)21-32-38(46)30(25-13-7-3-8-14-25)22-35(45)42(32,37)27-15-9-4-10-16-27/h2-17,19-20,22,29,31-32,36-37,47H,18,21,23H2,1H3/t29-,31+,32-,36-,37-,42-/m0/s1. The summed E-state index contributed by atoms with van der Waals surface area (Å²) in [5.74, 6) is -3.79. The number of Topliss-reactive ketones (excluding diaryl/α,β-unsaturated/α-hetero) is 1. The van der Waals surface area contributed by atoms with Crippen LogP contribution in [0.4, 0.5) is 0 Å². The van der Waals surface area contributed by atoms with Gasteiger partial charge in [0.15, 0.2) is 23.1 Å². The van der Waals surface area contributed by atoms with Crippen molar-refractivity contribution in [2.24, 2.45) is 23.7 Å². The molecule has 4 aromatic carbocycles. The van der Waals surface area contributed by atoms with Gasteiger partial charge in [0.2, 0.25) is 11.8 Å². The minimum Gasteiger partial charge on any atom is -0.504 e. The number of aromatic hydroxyl groups is 1. The van der Waals surface area contributed by atoms with E-state index >= 15 is 9.59 Å². The Kier molecular flexibility index (Phi) is 8.09. The fourth-order valence-corrected chi connectivity index (χ4v) is 9.78. The molecule has 1 saturated carbocycles. The van der Waals surface area contributed by atoms with Crippen molar-refractivity contribution in [3.8, 4) is 11.5 Å². The summed E-state index contributed by atoms with van der Waals surface area (Å²) in [5, 5.41) is 10.9. The van der Waals surface area contributed by atoms with Gasteiger partial charge >= 0.3 is 0 Å². The van der Waals surface area contributed by atoms with Crippen LogP contribution in [0.3, 0.4) is 0 Å². The third-order valence-corrected chi connectivity index (χ3v) is 12.1. The minimum absolute atomic E-state index is 0.0161. The number of halogens is 1. The van der Waals surface area contributed by atoms with Gasteiger partial charge in [-0.1, -0.05) is 103 Å². The van der Waals surface area contributed by atoms with Gasteiger partial charge in [-0.2, -0.15) is 0 Å². The van der Waals surface area contributed by atoms with Crippen LogP contribution in [0.25, 0.3) is 5.57 Å². The molecule has 6 atom stereocenters. The normalized spacial score (nSPS) is 27.2. The Bertz CT molecular complexity index is 2110. The summed E-state index contributed by atoms with van der Waals surface area (Å²) in [6.07, 6.45) is 4.14. The van der Waals surface area contributed by atoms with E-state index in [9.17, 15) is 14.7 Å². The van der Waals surface area contributed by atoms with Crippen LogP contribution in [0.5, 0.6) is 11.5 Å². The number of carbonyl (C=O) groups is 4. The second kappa shape index (κ2) is 12.5. The fraction of sp³-hybridized carbons (Fsp3) is 0.238. The Morgan fingerprint density at radius 3 is 2.20 bits per heavy atom. The molecule has 3 aliphatic carbocycles.